The molecule has 3 atom stereocenters. The van der Waals surface area contributed by atoms with Crippen molar-refractivity contribution in [2.75, 3.05) is 24.6 Å². The first-order valence-electron chi connectivity index (χ1n) is 12.4. The van der Waals surface area contributed by atoms with E-state index in [9.17, 15) is 4.79 Å². The van der Waals surface area contributed by atoms with Crippen LogP contribution in [0.5, 0.6) is 11.6 Å². The monoisotopic (exact) mass is 491 g/mol. The van der Waals surface area contributed by atoms with Gasteiger partial charge in [-0.2, -0.15) is 10.4 Å². The van der Waals surface area contributed by atoms with Gasteiger partial charge in [-0.1, -0.05) is 0 Å². The van der Waals surface area contributed by atoms with Crippen LogP contribution in [-0.4, -0.2) is 61.4 Å². The Morgan fingerprint density at radius 2 is 2.00 bits per heavy atom. The third-order valence-corrected chi connectivity index (χ3v) is 7.19. The number of ether oxygens (including phenoxy) is 2. The predicted octanol–water partition coefficient (Wildman–Crippen LogP) is 2.70. The second-order valence-electron chi connectivity index (χ2n) is 10.6. The Morgan fingerprint density at radius 1 is 1.22 bits per heavy atom. The lowest BCUT2D eigenvalue weighted by molar-refractivity contribution is 0.0153. The summed E-state index contributed by atoms with van der Waals surface area (Å²) in [4.78, 5) is 22.3. The summed E-state index contributed by atoms with van der Waals surface area (Å²) in [6, 6.07) is 9.94. The molecule has 5 heterocycles. The Bertz CT molecular complexity index is 1400. The van der Waals surface area contributed by atoms with E-state index < -0.39 is 5.60 Å². The fraction of sp³-hybridized carbons (Fsp3) is 0.538. The van der Waals surface area contributed by atoms with Gasteiger partial charge in [-0.15, -0.1) is 0 Å². The molecule has 0 aliphatic carbocycles. The van der Waals surface area contributed by atoms with Gasteiger partial charge in [-0.05, 0) is 46.8 Å². The lowest BCUT2D eigenvalue weighted by Crippen LogP contribution is -2.57. The summed E-state index contributed by atoms with van der Waals surface area (Å²) in [5, 5.41) is 13.8. The van der Waals surface area contributed by atoms with Crippen molar-refractivity contribution in [2.45, 2.75) is 64.8 Å². The third kappa shape index (κ3) is 4.17. The molecule has 36 heavy (non-hydrogen) atoms. The maximum absolute atomic E-state index is 12.8. The Balaban J connectivity index is 1.42. The first kappa shape index (κ1) is 24.1. The minimum Gasteiger partial charge on any atom is -0.484 e. The van der Waals surface area contributed by atoms with Crippen LogP contribution in [0.3, 0.4) is 0 Å². The quantitative estimate of drug-likeness (QED) is 0.549. The Morgan fingerprint density at radius 3 is 2.75 bits per heavy atom. The highest BCUT2D eigenvalue weighted by Crippen LogP contribution is 2.36. The van der Waals surface area contributed by atoms with E-state index in [0.29, 0.717) is 29.6 Å². The summed E-state index contributed by atoms with van der Waals surface area (Å²) in [5.41, 5.74) is 1.77. The van der Waals surface area contributed by atoms with Gasteiger partial charge in [-0.25, -0.2) is 9.50 Å². The zero-order chi connectivity index (χ0) is 25.8. The molecule has 0 bridgehead atoms. The Hall–Kier alpha value is -3.58. The third-order valence-electron chi connectivity index (χ3n) is 7.19. The molecule has 2 aliphatic rings. The molecule has 1 saturated heterocycles. The Labute approximate surface area is 210 Å². The molecular weight excluding hydrogens is 458 g/mol. The molecule has 190 valence electrons. The number of nitriles is 1. The van der Waals surface area contributed by atoms with E-state index in [-0.39, 0.29) is 30.1 Å². The average molecular weight is 492 g/mol. The molecule has 0 N–H and O–H groups in total. The highest BCUT2D eigenvalue weighted by molar-refractivity contribution is 5.52. The van der Waals surface area contributed by atoms with Crippen LogP contribution in [0.4, 0.5) is 5.82 Å². The van der Waals surface area contributed by atoms with Gasteiger partial charge in [0.15, 0.2) is 5.75 Å². The van der Waals surface area contributed by atoms with Gasteiger partial charge in [0, 0.05) is 50.4 Å². The SMILES string of the molecule is CC(c1ccc2c(n1)OC(C)(C)CO2)N1C[C@H](C)N(c2cc(=O)n(C)c3cc(CC#N)nn23)C[C@H]1C. The van der Waals surface area contributed by atoms with Crippen LogP contribution in [0.1, 0.15) is 52.0 Å². The Kier molecular flexibility index (Phi) is 5.91. The number of aryl methyl sites for hydroxylation is 1. The molecule has 3 aromatic rings. The van der Waals surface area contributed by atoms with Crippen LogP contribution >= 0.6 is 0 Å². The zero-order valence-electron chi connectivity index (χ0n) is 21.7. The molecule has 0 radical (unpaired) electrons. The van der Waals surface area contributed by atoms with Crippen molar-refractivity contribution in [3.05, 3.63) is 46.0 Å². The lowest BCUT2D eigenvalue weighted by atomic mass is 10.0. The number of hydrogen-bond acceptors (Lipinski definition) is 8. The maximum Gasteiger partial charge on any atom is 0.257 e. The van der Waals surface area contributed by atoms with Crippen LogP contribution in [-0.2, 0) is 13.5 Å². The van der Waals surface area contributed by atoms with Gasteiger partial charge in [0.05, 0.1) is 23.9 Å². The van der Waals surface area contributed by atoms with Crippen LogP contribution in [0.2, 0.25) is 0 Å². The minimum absolute atomic E-state index is 0.0686. The smallest absolute Gasteiger partial charge is 0.257 e. The minimum atomic E-state index is -0.410. The van der Waals surface area contributed by atoms with Crippen molar-refractivity contribution in [3.8, 4) is 17.7 Å². The normalized spacial score (nSPS) is 22.4. The van der Waals surface area contributed by atoms with Gasteiger partial charge in [0.25, 0.3) is 11.4 Å². The van der Waals surface area contributed by atoms with E-state index in [1.807, 2.05) is 32.0 Å². The highest BCUT2D eigenvalue weighted by Gasteiger charge is 2.35. The molecule has 1 fully saturated rings. The summed E-state index contributed by atoms with van der Waals surface area (Å²) in [6.07, 6.45) is 0.201. The molecule has 10 heteroatoms. The largest absolute Gasteiger partial charge is 0.484 e. The number of anilines is 1. The van der Waals surface area contributed by atoms with Crippen molar-refractivity contribution < 1.29 is 9.47 Å². The zero-order valence-corrected chi connectivity index (χ0v) is 21.7. The van der Waals surface area contributed by atoms with Crippen LogP contribution in [0, 0.1) is 11.3 Å². The number of aromatic nitrogens is 4. The summed E-state index contributed by atoms with van der Waals surface area (Å²) in [7, 11) is 1.73. The van der Waals surface area contributed by atoms with Crippen LogP contribution in [0.25, 0.3) is 5.65 Å². The van der Waals surface area contributed by atoms with Crippen molar-refractivity contribution in [1.29, 1.82) is 5.26 Å². The van der Waals surface area contributed by atoms with E-state index >= 15 is 0 Å². The van der Waals surface area contributed by atoms with E-state index in [1.165, 1.54) is 0 Å². The van der Waals surface area contributed by atoms with Gasteiger partial charge in [0.1, 0.15) is 23.7 Å². The molecule has 0 saturated carbocycles. The number of piperazine rings is 1. The molecular formula is C26H33N7O3. The van der Waals surface area contributed by atoms with Crippen molar-refractivity contribution >= 4 is 11.5 Å². The number of hydrogen-bond donors (Lipinski definition) is 0. The topological polar surface area (TPSA) is 101 Å². The number of rotatable bonds is 4. The first-order chi connectivity index (χ1) is 17.1. The second-order valence-corrected chi connectivity index (χ2v) is 10.6. The van der Waals surface area contributed by atoms with E-state index in [2.05, 4.69) is 41.7 Å². The number of fused-ring (bicyclic) bond motifs is 2. The summed E-state index contributed by atoms with van der Waals surface area (Å²) < 4.78 is 15.3. The molecule has 10 nitrogen and oxygen atoms in total. The molecule has 5 rings (SSSR count). The maximum atomic E-state index is 12.8. The number of nitrogens with zero attached hydrogens (tertiary/aromatic N) is 7. The van der Waals surface area contributed by atoms with Crippen molar-refractivity contribution in [3.63, 3.8) is 0 Å². The van der Waals surface area contributed by atoms with Gasteiger partial charge < -0.3 is 14.4 Å². The summed E-state index contributed by atoms with van der Waals surface area (Å²) in [6.45, 7) is 12.5. The van der Waals surface area contributed by atoms with E-state index in [4.69, 9.17) is 19.7 Å². The van der Waals surface area contributed by atoms with Crippen LogP contribution in [0.15, 0.2) is 29.1 Å². The predicted molar refractivity (Wildman–Crippen MR) is 136 cm³/mol. The van der Waals surface area contributed by atoms with Crippen molar-refractivity contribution in [1.82, 2.24) is 24.1 Å². The number of pyridine rings is 1. The lowest BCUT2D eigenvalue weighted by Gasteiger charge is -2.47. The molecule has 0 spiro atoms. The molecule has 3 aromatic heterocycles. The second kappa shape index (κ2) is 8.82. The first-order valence-corrected chi connectivity index (χ1v) is 12.4. The van der Waals surface area contributed by atoms with Crippen LogP contribution < -0.4 is 19.9 Å². The van der Waals surface area contributed by atoms with Gasteiger partial charge in [-0.3, -0.25) is 14.3 Å². The summed E-state index contributed by atoms with van der Waals surface area (Å²) in [5.74, 6) is 1.98. The fourth-order valence-corrected chi connectivity index (χ4v) is 5.16. The van der Waals surface area contributed by atoms with E-state index in [1.54, 1.807) is 22.2 Å². The fourth-order valence-electron chi connectivity index (χ4n) is 5.16. The standard InChI is InChI=1S/C26H33N7O3/c1-16-14-32(23-12-24(34)30(6)22-11-19(9-10-27)29-33(22)23)17(2)13-31(16)18(3)20-7-8-21-25(28-20)36-26(4,5)15-35-21/h7-8,11-12,16-18H,9,13-15H2,1-6H3/t16-,17+,18?/m1/s1. The summed E-state index contributed by atoms with van der Waals surface area (Å²) >= 11 is 0. The molecule has 1 unspecified atom stereocenters. The molecule has 0 aromatic carbocycles. The van der Waals surface area contributed by atoms with Gasteiger partial charge in [0.2, 0.25) is 0 Å². The van der Waals surface area contributed by atoms with Crippen molar-refractivity contribution in [2.24, 2.45) is 7.05 Å². The van der Waals surface area contributed by atoms with Gasteiger partial charge >= 0.3 is 0 Å². The molecule has 2 aliphatic heterocycles. The van der Waals surface area contributed by atoms with E-state index in [0.717, 1.165) is 24.6 Å². The average Bonchev–Trinajstić information content (AvgIpc) is 3.25. The molecule has 0 amide bonds. The highest BCUT2D eigenvalue weighted by atomic mass is 16.6.